The van der Waals surface area contributed by atoms with Crippen molar-refractivity contribution in [3.05, 3.63) is 100 Å². The van der Waals surface area contributed by atoms with Gasteiger partial charge >= 0.3 is 0 Å². The fourth-order valence-electron chi connectivity index (χ4n) is 3.43. The Kier molecular flexibility index (Phi) is 6.42. The number of furan rings is 1. The van der Waals surface area contributed by atoms with E-state index in [-0.39, 0.29) is 11.6 Å². The van der Waals surface area contributed by atoms with Crippen LogP contribution in [0.4, 0.5) is 5.69 Å². The molecule has 2 aromatic carbocycles. The molecule has 0 aliphatic carbocycles. The molecule has 0 fully saturated rings. The van der Waals surface area contributed by atoms with Crippen molar-refractivity contribution in [1.82, 2.24) is 14.9 Å². The molecule has 0 aliphatic heterocycles. The monoisotopic (exact) mass is 446 g/mol. The smallest absolute Gasteiger partial charge is 0.280 e. The molecule has 0 spiro atoms. The topological polar surface area (TPSA) is 88.3 Å². The van der Waals surface area contributed by atoms with E-state index in [1.54, 1.807) is 17.5 Å². The van der Waals surface area contributed by atoms with Crippen molar-refractivity contribution in [2.45, 2.75) is 26.4 Å². The average molecular weight is 447 g/mol. The molecule has 32 heavy (non-hydrogen) atoms. The van der Waals surface area contributed by atoms with Crippen LogP contribution in [0.5, 0.6) is 0 Å². The zero-order valence-corrected chi connectivity index (χ0v) is 18.5. The van der Waals surface area contributed by atoms with Gasteiger partial charge in [-0.15, -0.1) is 5.10 Å². The molecular weight excluding hydrogens is 424 g/mol. The van der Waals surface area contributed by atoms with Crippen molar-refractivity contribution >= 4 is 29.0 Å². The number of hydrogen-bond donors (Lipinski definition) is 1. The van der Waals surface area contributed by atoms with Gasteiger partial charge in [0.2, 0.25) is 0 Å². The second-order valence-corrected chi connectivity index (χ2v) is 7.99. The molecule has 162 valence electrons. The van der Waals surface area contributed by atoms with Crippen molar-refractivity contribution in [2.75, 3.05) is 4.90 Å². The predicted molar refractivity (Wildman–Crippen MR) is 122 cm³/mol. The largest absolute Gasteiger partial charge is 0.467 e. The molecule has 7 nitrogen and oxygen atoms in total. The van der Waals surface area contributed by atoms with Crippen molar-refractivity contribution in [3.63, 3.8) is 0 Å². The van der Waals surface area contributed by atoms with Gasteiger partial charge in [-0.25, -0.2) is 0 Å². The summed E-state index contributed by atoms with van der Waals surface area (Å²) < 4.78 is 9.44. The summed E-state index contributed by atoms with van der Waals surface area (Å²) in [6, 6.07) is 17.7. The lowest BCUT2D eigenvalue weighted by Crippen LogP contribution is -2.44. The van der Waals surface area contributed by atoms with E-state index in [1.165, 1.54) is 11.2 Å². The second kappa shape index (κ2) is 9.57. The van der Waals surface area contributed by atoms with Crippen LogP contribution in [-0.2, 0) is 11.3 Å². The van der Waals surface area contributed by atoms with Crippen LogP contribution in [0.2, 0.25) is 0 Å². The number of amides is 2. The summed E-state index contributed by atoms with van der Waals surface area (Å²) in [6.45, 7) is 4.16. The van der Waals surface area contributed by atoms with Gasteiger partial charge in [0.25, 0.3) is 11.8 Å². The summed E-state index contributed by atoms with van der Waals surface area (Å²) in [6.07, 6.45) is 1.49. The molecule has 0 unspecified atom stereocenters. The van der Waals surface area contributed by atoms with Gasteiger partial charge in [-0.2, -0.15) is 0 Å². The molecule has 2 aromatic heterocycles. The number of carbonyl (C=O) groups excluding carboxylic acids is 2. The number of nitrogens with one attached hydrogen (secondary N) is 1. The molecule has 4 aromatic rings. The molecule has 0 radical (unpaired) electrons. The van der Waals surface area contributed by atoms with Crippen LogP contribution >= 0.6 is 11.5 Å². The van der Waals surface area contributed by atoms with E-state index in [0.29, 0.717) is 18.0 Å². The van der Waals surface area contributed by atoms with E-state index in [1.807, 2.05) is 62.4 Å². The van der Waals surface area contributed by atoms with E-state index in [0.717, 1.165) is 28.2 Å². The zero-order valence-electron chi connectivity index (χ0n) is 17.7. The maximum Gasteiger partial charge on any atom is 0.280 e. The Morgan fingerprint density at radius 2 is 1.91 bits per heavy atom. The fraction of sp³-hybridized carbons (Fsp3) is 0.167. The number of aromatic nitrogens is 2. The fourth-order valence-corrected chi connectivity index (χ4v) is 3.86. The third kappa shape index (κ3) is 4.60. The van der Waals surface area contributed by atoms with Crippen LogP contribution in [-0.4, -0.2) is 21.4 Å². The minimum Gasteiger partial charge on any atom is -0.467 e. The maximum atomic E-state index is 13.6. The van der Waals surface area contributed by atoms with Gasteiger partial charge in [0, 0.05) is 17.6 Å². The lowest BCUT2D eigenvalue weighted by Gasteiger charge is -2.30. The summed E-state index contributed by atoms with van der Waals surface area (Å²) >= 11 is 1.08. The summed E-state index contributed by atoms with van der Waals surface area (Å²) in [5.41, 5.74) is 3.54. The molecule has 1 N–H and O–H groups in total. The SMILES string of the molecule is Cc1ccc(C)c(N(C(=O)c2csnn2)[C@H](C(=O)NCc2ccccc2)c2ccco2)c1. The Bertz CT molecular complexity index is 1190. The lowest BCUT2D eigenvalue weighted by atomic mass is 10.0. The molecule has 1 atom stereocenters. The van der Waals surface area contributed by atoms with Crippen LogP contribution in [0.15, 0.2) is 76.7 Å². The van der Waals surface area contributed by atoms with E-state index < -0.39 is 11.9 Å². The number of benzene rings is 2. The third-order valence-electron chi connectivity index (χ3n) is 5.05. The van der Waals surface area contributed by atoms with Crippen LogP contribution in [0, 0.1) is 13.8 Å². The first-order valence-electron chi connectivity index (χ1n) is 10.1. The van der Waals surface area contributed by atoms with Gasteiger partial charge in [0.1, 0.15) is 5.76 Å². The predicted octanol–water partition coefficient (Wildman–Crippen LogP) is 4.45. The zero-order chi connectivity index (χ0) is 22.5. The van der Waals surface area contributed by atoms with E-state index in [9.17, 15) is 9.59 Å². The molecule has 0 saturated carbocycles. The first-order valence-corrected chi connectivity index (χ1v) is 10.9. The molecule has 0 saturated heterocycles. The number of nitrogens with zero attached hydrogens (tertiary/aromatic N) is 3. The Labute approximate surface area is 189 Å². The Balaban J connectivity index is 1.77. The number of hydrogen-bond acceptors (Lipinski definition) is 6. The quantitative estimate of drug-likeness (QED) is 0.453. The lowest BCUT2D eigenvalue weighted by molar-refractivity contribution is -0.123. The summed E-state index contributed by atoms with van der Waals surface area (Å²) in [5.74, 6) is -0.432. The number of carbonyl (C=O) groups is 2. The number of anilines is 1. The Morgan fingerprint density at radius 3 is 2.59 bits per heavy atom. The first kappa shape index (κ1) is 21.5. The highest BCUT2D eigenvalue weighted by Gasteiger charge is 2.37. The van der Waals surface area contributed by atoms with Gasteiger partial charge in [0.05, 0.1) is 6.26 Å². The van der Waals surface area contributed by atoms with Crippen LogP contribution < -0.4 is 10.2 Å². The number of aryl methyl sites for hydroxylation is 2. The van der Waals surface area contributed by atoms with Crippen molar-refractivity contribution in [3.8, 4) is 0 Å². The highest BCUT2D eigenvalue weighted by molar-refractivity contribution is 7.03. The van der Waals surface area contributed by atoms with Gasteiger partial charge in [-0.1, -0.05) is 47.0 Å². The van der Waals surface area contributed by atoms with Gasteiger partial charge in [-0.3, -0.25) is 14.5 Å². The van der Waals surface area contributed by atoms with Crippen LogP contribution in [0.3, 0.4) is 0 Å². The van der Waals surface area contributed by atoms with Crippen molar-refractivity contribution < 1.29 is 14.0 Å². The highest BCUT2D eigenvalue weighted by atomic mass is 32.1. The maximum absolute atomic E-state index is 13.6. The summed E-state index contributed by atoms with van der Waals surface area (Å²) in [5, 5.41) is 8.46. The second-order valence-electron chi connectivity index (χ2n) is 7.38. The Hall–Kier alpha value is -3.78. The summed E-state index contributed by atoms with van der Waals surface area (Å²) in [4.78, 5) is 28.5. The normalized spacial score (nSPS) is 11.7. The van der Waals surface area contributed by atoms with Gasteiger partial charge in [0.15, 0.2) is 11.7 Å². The van der Waals surface area contributed by atoms with E-state index in [4.69, 9.17) is 4.42 Å². The van der Waals surface area contributed by atoms with E-state index in [2.05, 4.69) is 14.9 Å². The molecule has 4 rings (SSSR count). The Morgan fingerprint density at radius 1 is 1.09 bits per heavy atom. The molecule has 0 aliphatic rings. The molecular formula is C24H22N4O3S. The van der Waals surface area contributed by atoms with Crippen LogP contribution in [0.25, 0.3) is 0 Å². The van der Waals surface area contributed by atoms with Gasteiger partial charge in [-0.05, 0) is 60.3 Å². The average Bonchev–Trinajstić information content (AvgIpc) is 3.52. The standard InChI is InChI=1S/C24H22N4O3S/c1-16-10-11-17(2)20(13-16)28(24(30)19-15-32-27-26-19)22(21-9-6-12-31-21)23(29)25-14-18-7-4-3-5-8-18/h3-13,15,22H,14H2,1-2H3,(H,25,29)/t22-/m0/s1. The molecule has 2 amide bonds. The first-order chi connectivity index (χ1) is 15.5. The minimum atomic E-state index is -1.02. The van der Waals surface area contributed by atoms with Crippen LogP contribution in [0.1, 0.15) is 39.0 Å². The molecule has 2 heterocycles. The summed E-state index contributed by atoms with van der Waals surface area (Å²) in [7, 11) is 0. The van der Waals surface area contributed by atoms with Gasteiger partial charge < -0.3 is 9.73 Å². The third-order valence-corrected chi connectivity index (χ3v) is 5.56. The minimum absolute atomic E-state index is 0.170. The molecule has 0 bridgehead atoms. The van der Waals surface area contributed by atoms with Crippen molar-refractivity contribution in [2.24, 2.45) is 0 Å². The van der Waals surface area contributed by atoms with E-state index >= 15 is 0 Å². The highest BCUT2D eigenvalue weighted by Crippen LogP contribution is 2.33. The number of rotatable bonds is 7. The van der Waals surface area contributed by atoms with Crippen molar-refractivity contribution in [1.29, 1.82) is 0 Å². The molecule has 8 heteroatoms.